The molecule has 0 aromatic rings. The van der Waals surface area contributed by atoms with Gasteiger partial charge >= 0.3 is 0 Å². The highest BCUT2D eigenvalue weighted by Crippen LogP contribution is 2.42. The van der Waals surface area contributed by atoms with Crippen LogP contribution in [0.1, 0.15) is 25.7 Å². The molecule has 0 radical (unpaired) electrons. The van der Waals surface area contributed by atoms with E-state index in [2.05, 4.69) is 0 Å². The summed E-state index contributed by atoms with van der Waals surface area (Å²) < 4.78 is 47.5. The molecule has 1 N–H and O–H groups in total. The maximum atomic E-state index is 10.8. The zero-order valence-electron chi connectivity index (χ0n) is 11.8. The van der Waals surface area contributed by atoms with Crippen molar-refractivity contribution in [3.8, 4) is 0 Å². The van der Waals surface area contributed by atoms with Gasteiger partial charge in [0.05, 0.1) is 5.75 Å². The third-order valence-electron chi connectivity index (χ3n) is 4.06. The molecule has 1 saturated heterocycles. The first-order chi connectivity index (χ1) is 8.85. The van der Waals surface area contributed by atoms with E-state index in [1.807, 2.05) is 0 Å². The Labute approximate surface area is 116 Å². The van der Waals surface area contributed by atoms with Crippen LogP contribution in [0.2, 0.25) is 12.1 Å². The highest BCUT2D eigenvalue weighted by Gasteiger charge is 2.57. The zero-order chi connectivity index (χ0) is 14.6. The molecule has 0 aromatic carbocycles. The lowest BCUT2D eigenvalue weighted by Gasteiger charge is -2.48. The Bertz CT molecular complexity index is 381. The van der Waals surface area contributed by atoms with Crippen molar-refractivity contribution >= 4 is 18.4 Å². The van der Waals surface area contributed by atoms with Crippen molar-refractivity contribution in [1.82, 2.24) is 0 Å². The van der Waals surface area contributed by atoms with Crippen LogP contribution in [0.15, 0.2) is 0 Å². The van der Waals surface area contributed by atoms with Crippen molar-refractivity contribution in [1.29, 1.82) is 0 Å². The van der Waals surface area contributed by atoms with Crippen LogP contribution in [0.5, 0.6) is 0 Å². The van der Waals surface area contributed by atoms with Gasteiger partial charge in [0.15, 0.2) is 5.41 Å². The molecule has 0 spiro atoms. The molecule has 19 heavy (non-hydrogen) atoms. The second kappa shape index (κ2) is 6.64. The molecule has 0 saturated carbocycles. The van der Waals surface area contributed by atoms with Gasteiger partial charge in [0, 0.05) is 27.8 Å². The van der Waals surface area contributed by atoms with Crippen molar-refractivity contribution < 1.29 is 26.9 Å². The summed E-state index contributed by atoms with van der Waals surface area (Å²) in [4.78, 5) is 0. The monoisotopic (exact) mass is 312 g/mol. The van der Waals surface area contributed by atoms with E-state index in [0.717, 1.165) is 25.3 Å². The molecular formula is C11H24O6SSi. The number of methoxy groups -OCH3 is 2. The molecule has 0 amide bonds. The van der Waals surface area contributed by atoms with Crippen LogP contribution in [0.4, 0.5) is 0 Å². The third-order valence-corrected chi connectivity index (χ3v) is 10.0. The average Bonchev–Trinajstić information content (AvgIpc) is 2.37. The predicted molar refractivity (Wildman–Crippen MR) is 74.0 cm³/mol. The Morgan fingerprint density at radius 3 is 2.32 bits per heavy atom. The molecule has 1 unspecified atom stereocenters. The quantitative estimate of drug-likeness (QED) is 0.436. The standard InChI is InChI=1S/C11H24O6SSi/c1-15-11(16-2)7-4-5-9-19(11,17-3)10-6-8-18(12,13)14/h4-10H2,1-3H3,(H,12,13,14). The van der Waals surface area contributed by atoms with Gasteiger partial charge < -0.3 is 13.9 Å². The van der Waals surface area contributed by atoms with Crippen LogP contribution >= 0.6 is 0 Å². The molecule has 1 fully saturated rings. The summed E-state index contributed by atoms with van der Waals surface area (Å²) in [7, 11) is -1.41. The van der Waals surface area contributed by atoms with Gasteiger partial charge in [-0.1, -0.05) is 6.42 Å². The second-order valence-electron chi connectivity index (χ2n) is 4.96. The molecule has 0 bridgehead atoms. The summed E-state index contributed by atoms with van der Waals surface area (Å²) in [5.41, 5.74) is -0.709. The van der Waals surface area contributed by atoms with Gasteiger partial charge in [0.2, 0.25) is 0 Å². The van der Waals surface area contributed by atoms with E-state index < -0.39 is 23.8 Å². The topological polar surface area (TPSA) is 82.1 Å². The van der Waals surface area contributed by atoms with Crippen molar-refractivity contribution in [3.63, 3.8) is 0 Å². The summed E-state index contributed by atoms with van der Waals surface area (Å²) in [6, 6.07) is 1.49. The van der Waals surface area contributed by atoms with Gasteiger partial charge in [-0.3, -0.25) is 4.55 Å². The molecule has 1 aliphatic rings. The molecule has 6 nitrogen and oxygen atoms in total. The first-order valence-corrected chi connectivity index (χ1v) is 10.4. The van der Waals surface area contributed by atoms with Crippen LogP contribution in [-0.2, 0) is 24.0 Å². The van der Waals surface area contributed by atoms with Crippen LogP contribution < -0.4 is 0 Å². The van der Waals surface area contributed by atoms with Gasteiger partial charge in [-0.15, -0.1) is 0 Å². The number of hydrogen-bond acceptors (Lipinski definition) is 5. The first kappa shape index (κ1) is 17.1. The molecule has 0 aliphatic carbocycles. The Kier molecular flexibility index (Phi) is 5.96. The van der Waals surface area contributed by atoms with Gasteiger partial charge in [0.1, 0.15) is 0 Å². The molecule has 1 aliphatic heterocycles. The first-order valence-electron chi connectivity index (χ1n) is 6.45. The van der Waals surface area contributed by atoms with E-state index in [-0.39, 0.29) is 5.75 Å². The Hall–Kier alpha value is 0.00688. The molecule has 8 heteroatoms. The molecule has 0 aromatic heterocycles. The van der Waals surface area contributed by atoms with Crippen LogP contribution in [0.3, 0.4) is 0 Å². The summed E-state index contributed by atoms with van der Waals surface area (Å²) in [5.74, 6) is -0.241. The van der Waals surface area contributed by atoms with Crippen molar-refractivity contribution in [2.75, 3.05) is 27.1 Å². The maximum absolute atomic E-state index is 10.8. The highest BCUT2D eigenvalue weighted by atomic mass is 32.2. The minimum atomic E-state index is -3.93. The van der Waals surface area contributed by atoms with E-state index in [1.54, 1.807) is 21.3 Å². The van der Waals surface area contributed by atoms with E-state index in [9.17, 15) is 8.42 Å². The fourth-order valence-corrected chi connectivity index (χ4v) is 8.50. The highest BCUT2D eigenvalue weighted by molar-refractivity contribution is 7.85. The normalized spacial score (nSPS) is 27.4. The SMILES string of the molecule is COC1(OC)CCCC[Si]1(CCCS(=O)(=O)O)OC. The summed E-state index contributed by atoms with van der Waals surface area (Å²) >= 11 is 0. The summed E-state index contributed by atoms with van der Waals surface area (Å²) in [6.45, 7) is 0. The van der Waals surface area contributed by atoms with Gasteiger partial charge in [0.25, 0.3) is 18.4 Å². The smallest absolute Gasteiger partial charge is 0.264 e. The zero-order valence-corrected chi connectivity index (χ0v) is 13.7. The lowest BCUT2D eigenvalue weighted by molar-refractivity contribution is -0.170. The van der Waals surface area contributed by atoms with Crippen LogP contribution in [0.25, 0.3) is 0 Å². The largest absolute Gasteiger partial charge is 0.414 e. The predicted octanol–water partition coefficient (Wildman–Crippen LogP) is 1.57. The summed E-state index contributed by atoms with van der Waals surface area (Å²) in [6.07, 6.45) is 3.19. The van der Waals surface area contributed by atoms with Crippen LogP contribution in [-0.4, -0.2) is 53.8 Å². The molecule has 1 heterocycles. The molecule has 1 atom stereocenters. The minimum absolute atomic E-state index is 0.241. The second-order valence-corrected chi connectivity index (χ2v) is 10.7. The average molecular weight is 312 g/mol. The van der Waals surface area contributed by atoms with Crippen LogP contribution in [0, 0.1) is 0 Å². The lowest BCUT2D eigenvalue weighted by atomic mass is 10.2. The fourth-order valence-electron chi connectivity index (χ4n) is 3.06. The van der Waals surface area contributed by atoms with Gasteiger partial charge in [-0.25, -0.2) is 0 Å². The van der Waals surface area contributed by atoms with Gasteiger partial charge in [-0.05, 0) is 24.9 Å². The molecule has 114 valence electrons. The van der Waals surface area contributed by atoms with E-state index in [4.69, 9.17) is 18.5 Å². The van der Waals surface area contributed by atoms with Crippen molar-refractivity contribution in [2.24, 2.45) is 0 Å². The Morgan fingerprint density at radius 1 is 1.21 bits per heavy atom. The fraction of sp³-hybridized carbons (Fsp3) is 1.00. The lowest BCUT2D eigenvalue weighted by Crippen LogP contribution is -2.64. The van der Waals surface area contributed by atoms with Gasteiger partial charge in [-0.2, -0.15) is 8.42 Å². The summed E-state index contributed by atoms with van der Waals surface area (Å²) in [5, 5.41) is 0. The number of ether oxygens (including phenoxy) is 2. The number of hydrogen-bond donors (Lipinski definition) is 1. The van der Waals surface area contributed by atoms with E-state index >= 15 is 0 Å². The van der Waals surface area contributed by atoms with Crippen molar-refractivity contribution in [2.45, 2.75) is 43.2 Å². The molecule has 1 rings (SSSR count). The molecular weight excluding hydrogens is 288 g/mol. The van der Waals surface area contributed by atoms with E-state index in [1.165, 1.54) is 0 Å². The van der Waals surface area contributed by atoms with Crippen molar-refractivity contribution in [3.05, 3.63) is 0 Å². The maximum Gasteiger partial charge on any atom is 0.264 e. The third kappa shape index (κ3) is 3.76. The Morgan fingerprint density at radius 2 is 1.84 bits per heavy atom. The Balaban J connectivity index is 2.85. The minimum Gasteiger partial charge on any atom is -0.414 e. The van der Waals surface area contributed by atoms with E-state index in [0.29, 0.717) is 12.5 Å². The number of rotatable bonds is 7.